The first-order valence-electron chi connectivity index (χ1n) is 5.45. The number of rotatable bonds is 8. The van der Waals surface area contributed by atoms with Gasteiger partial charge in [0.05, 0.1) is 10.2 Å². The van der Waals surface area contributed by atoms with E-state index in [2.05, 4.69) is 6.92 Å². The zero-order valence-corrected chi connectivity index (χ0v) is 12.6. The van der Waals surface area contributed by atoms with E-state index in [1.807, 2.05) is 13.8 Å². The topological polar surface area (TPSA) is 18.5 Å². The molecule has 4 heteroatoms. The SMILES string of the molecule is CCOC([SiH3])(CC(CC)CCl)OCC. The molecule has 1 unspecified atom stereocenters. The molecule has 0 aliphatic carbocycles. The zero-order valence-electron chi connectivity index (χ0n) is 9.81. The third-order valence-corrected chi connectivity index (χ3v) is 3.78. The third kappa shape index (κ3) is 5.34. The van der Waals surface area contributed by atoms with Crippen molar-refractivity contribution in [3.05, 3.63) is 0 Å². The van der Waals surface area contributed by atoms with E-state index in [1.165, 1.54) is 0 Å². The highest BCUT2D eigenvalue weighted by atomic mass is 35.5. The third-order valence-electron chi connectivity index (χ3n) is 2.35. The minimum atomic E-state index is -0.320. The van der Waals surface area contributed by atoms with E-state index in [0.717, 1.165) is 23.1 Å². The monoisotopic (exact) mass is 238 g/mol. The predicted molar refractivity (Wildman–Crippen MR) is 65.0 cm³/mol. The van der Waals surface area contributed by atoms with Crippen LogP contribution >= 0.6 is 11.6 Å². The molecule has 14 heavy (non-hydrogen) atoms. The molecule has 0 amide bonds. The Balaban J connectivity index is 4.17. The van der Waals surface area contributed by atoms with Crippen LogP contribution in [0.4, 0.5) is 0 Å². The molecule has 0 radical (unpaired) electrons. The zero-order chi connectivity index (χ0) is 11.0. The van der Waals surface area contributed by atoms with Gasteiger partial charge < -0.3 is 9.47 Å². The second-order valence-corrected chi connectivity index (χ2v) is 5.46. The highest BCUT2D eigenvalue weighted by molar-refractivity contribution is 6.18. The largest absolute Gasteiger partial charge is 0.355 e. The first-order chi connectivity index (χ1) is 6.61. The van der Waals surface area contributed by atoms with Crippen LogP contribution in [0.25, 0.3) is 0 Å². The van der Waals surface area contributed by atoms with E-state index in [1.54, 1.807) is 0 Å². The summed E-state index contributed by atoms with van der Waals surface area (Å²) >= 11 is 5.88. The van der Waals surface area contributed by atoms with Crippen molar-refractivity contribution in [2.75, 3.05) is 19.1 Å². The standard InChI is InChI=1S/C10H23ClO2Si/c1-4-9(8-11)7-10(14,12-5-2)13-6-3/h9H,4-8H2,1-3,14H3. The average molecular weight is 239 g/mol. The van der Waals surface area contributed by atoms with Gasteiger partial charge in [-0.3, -0.25) is 0 Å². The lowest BCUT2D eigenvalue weighted by molar-refractivity contribution is -0.182. The van der Waals surface area contributed by atoms with E-state index < -0.39 is 0 Å². The van der Waals surface area contributed by atoms with Crippen molar-refractivity contribution in [1.29, 1.82) is 0 Å². The van der Waals surface area contributed by atoms with E-state index in [0.29, 0.717) is 25.0 Å². The van der Waals surface area contributed by atoms with Crippen molar-refractivity contribution in [3.63, 3.8) is 0 Å². The molecule has 0 aliphatic heterocycles. The average Bonchev–Trinajstić information content (AvgIpc) is 2.15. The molecule has 0 spiro atoms. The Kier molecular flexibility index (Phi) is 7.92. The molecule has 2 nitrogen and oxygen atoms in total. The molecule has 0 saturated heterocycles. The fourth-order valence-corrected chi connectivity index (χ4v) is 3.08. The Morgan fingerprint density at radius 1 is 1.21 bits per heavy atom. The van der Waals surface area contributed by atoms with Crippen LogP contribution in [0.15, 0.2) is 0 Å². The quantitative estimate of drug-likeness (QED) is 0.364. The molecular weight excluding hydrogens is 216 g/mol. The highest BCUT2D eigenvalue weighted by Crippen LogP contribution is 2.23. The summed E-state index contributed by atoms with van der Waals surface area (Å²) in [7, 11) is 0.892. The number of hydrogen-bond acceptors (Lipinski definition) is 2. The van der Waals surface area contributed by atoms with Gasteiger partial charge in [-0.2, -0.15) is 0 Å². The molecule has 1 atom stereocenters. The fourth-order valence-electron chi connectivity index (χ4n) is 1.60. The summed E-state index contributed by atoms with van der Waals surface area (Å²) in [4.78, 5) is 0. The highest BCUT2D eigenvalue weighted by Gasteiger charge is 2.27. The van der Waals surface area contributed by atoms with Gasteiger partial charge in [-0.25, -0.2) is 0 Å². The molecule has 0 bridgehead atoms. The molecule has 0 aliphatic rings. The molecule has 0 aromatic heterocycles. The first kappa shape index (κ1) is 14.4. The van der Waals surface area contributed by atoms with Gasteiger partial charge in [0.2, 0.25) is 0 Å². The molecule has 0 aromatic rings. The van der Waals surface area contributed by atoms with Crippen molar-refractivity contribution >= 4 is 21.8 Å². The van der Waals surface area contributed by atoms with E-state index in [9.17, 15) is 0 Å². The van der Waals surface area contributed by atoms with Crippen LogP contribution < -0.4 is 0 Å². The minimum Gasteiger partial charge on any atom is -0.355 e. The molecular formula is C10H23ClO2Si. The summed E-state index contributed by atoms with van der Waals surface area (Å²) in [5.74, 6) is 1.20. The van der Waals surface area contributed by atoms with Gasteiger partial charge >= 0.3 is 0 Å². The van der Waals surface area contributed by atoms with Crippen LogP contribution in [0, 0.1) is 5.92 Å². The first-order valence-corrected chi connectivity index (χ1v) is 6.99. The van der Waals surface area contributed by atoms with Crippen molar-refractivity contribution in [2.24, 2.45) is 5.92 Å². The summed E-state index contributed by atoms with van der Waals surface area (Å²) in [6, 6.07) is 0. The maximum atomic E-state index is 5.88. The number of halogens is 1. The minimum absolute atomic E-state index is 0.320. The molecule has 86 valence electrons. The molecule has 0 aromatic carbocycles. The van der Waals surface area contributed by atoms with Crippen molar-refractivity contribution < 1.29 is 9.47 Å². The van der Waals surface area contributed by atoms with Crippen LogP contribution in [-0.4, -0.2) is 34.7 Å². The Bertz CT molecular complexity index is 134. The lowest BCUT2D eigenvalue weighted by Crippen LogP contribution is -2.39. The van der Waals surface area contributed by atoms with Crippen LogP contribution in [0.5, 0.6) is 0 Å². The van der Waals surface area contributed by atoms with Crippen LogP contribution in [0.3, 0.4) is 0 Å². The normalized spacial score (nSPS) is 14.6. The fraction of sp³-hybridized carbons (Fsp3) is 1.00. The maximum absolute atomic E-state index is 5.88. The molecule has 0 rings (SSSR count). The Morgan fingerprint density at radius 3 is 2.00 bits per heavy atom. The van der Waals surface area contributed by atoms with E-state index >= 15 is 0 Å². The Labute approximate surface area is 95.7 Å². The van der Waals surface area contributed by atoms with Gasteiger partial charge in [0.1, 0.15) is 5.41 Å². The van der Waals surface area contributed by atoms with E-state index in [-0.39, 0.29) is 5.41 Å². The second kappa shape index (κ2) is 7.68. The smallest absolute Gasteiger partial charge is 0.141 e. The summed E-state index contributed by atoms with van der Waals surface area (Å²) in [6.45, 7) is 7.60. The summed E-state index contributed by atoms with van der Waals surface area (Å²) in [6.07, 6.45) is 2.02. The van der Waals surface area contributed by atoms with Crippen molar-refractivity contribution in [2.45, 2.75) is 39.0 Å². The van der Waals surface area contributed by atoms with Gasteiger partial charge in [0.25, 0.3) is 0 Å². The van der Waals surface area contributed by atoms with Crippen LogP contribution in [-0.2, 0) is 9.47 Å². The summed E-state index contributed by atoms with van der Waals surface area (Å²) < 4.78 is 11.4. The number of alkyl halides is 1. The second-order valence-electron chi connectivity index (χ2n) is 3.63. The van der Waals surface area contributed by atoms with Gasteiger partial charge in [-0.15, -0.1) is 11.6 Å². The summed E-state index contributed by atoms with van der Waals surface area (Å²) in [5, 5.41) is 0. The van der Waals surface area contributed by atoms with E-state index in [4.69, 9.17) is 21.1 Å². The van der Waals surface area contributed by atoms with Gasteiger partial charge in [0.15, 0.2) is 0 Å². The lowest BCUT2D eigenvalue weighted by atomic mass is 10.0. The summed E-state index contributed by atoms with van der Waals surface area (Å²) in [5.41, 5.74) is -0.320. The molecule has 0 N–H and O–H groups in total. The number of hydrogen-bond donors (Lipinski definition) is 0. The molecule has 0 fully saturated rings. The van der Waals surface area contributed by atoms with Gasteiger partial charge in [0, 0.05) is 25.5 Å². The van der Waals surface area contributed by atoms with Crippen LogP contribution in [0.2, 0.25) is 0 Å². The van der Waals surface area contributed by atoms with Crippen LogP contribution in [0.1, 0.15) is 33.6 Å². The van der Waals surface area contributed by atoms with Gasteiger partial charge in [-0.1, -0.05) is 13.3 Å². The molecule has 0 saturated carbocycles. The maximum Gasteiger partial charge on any atom is 0.141 e. The van der Waals surface area contributed by atoms with Crippen molar-refractivity contribution in [3.8, 4) is 0 Å². The predicted octanol–water partition coefficient (Wildman–Crippen LogP) is 1.73. The Hall–Kier alpha value is 0.427. The van der Waals surface area contributed by atoms with Gasteiger partial charge in [-0.05, 0) is 19.8 Å². The lowest BCUT2D eigenvalue weighted by Gasteiger charge is -2.32. The Morgan fingerprint density at radius 2 is 1.71 bits per heavy atom. The van der Waals surface area contributed by atoms with Crippen molar-refractivity contribution in [1.82, 2.24) is 0 Å². The molecule has 0 heterocycles. The number of ether oxygens (including phenoxy) is 2.